The minimum atomic E-state index is -0.777. The van der Waals surface area contributed by atoms with Crippen molar-refractivity contribution in [3.8, 4) is 45.1 Å². The van der Waals surface area contributed by atoms with E-state index >= 15 is 0 Å². The number of thioether (sulfide) groups is 1. The standard InChI is InChI=1S/C28H27ClN4O8S2/c1-35-19-10-9-16(22(38-4)24(19)40-6)18(33-41-27(34)17-8-7-11-30-25(17)29)14-42-28-32-31-26(43-28)15-12-20(36-2)23(39-5)21(13-15)37-3/h7-13H,14H2,1-6H3/b33-18+. The van der Waals surface area contributed by atoms with Gasteiger partial charge in [-0.1, -0.05) is 39.9 Å². The van der Waals surface area contributed by atoms with Gasteiger partial charge in [0.25, 0.3) is 0 Å². The lowest BCUT2D eigenvalue weighted by molar-refractivity contribution is 0.0516. The summed E-state index contributed by atoms with van der Waals surface area (Å²) in [6, 6.07) is 10.1. The van der Waals surface area contributed by atoms with Crippen molar-refractivity contribution in [1.29, 1.82) is 0 Å². The highest BCUT2D eigenvalue weighted by Gasteiger charge is 2.23. The summed E-state index contributed by atoms with van der Waals surface area (Å²) in [6.07, 6.45) is 1.47. The molecule has 226 valence electrons. The molecule has 0 radical (unpaired) electrons. The van der Waals surface area contributed by atoms with E-state index in [1.54, 1.807) is 44.6 Å². The molecule has 0 saturated carbocycles. The number of methoxy groups -OCH3 is 6. The zero-order valence-electron chi connectivity index (χ0n) is 24.0. The Kier molecular flexibility index (Phi) is 10.9. The van der Waals surface area contributed by atoms with Gasteiger partial charge in [0.2, 0.25) is 11.5 Å². The van der Waals surface area contributed by atoms with Gasteiger partial charge in [0.05, 0.1) is 48.2 Å². The topological polar surface area (TPSA) is 133 Å². The van der Waals surface area contributed by atoms with Crippen LogP contribution in [0.25, 0.3) is 10.6 Å². The monoisotopic (exact) mass is 646 g/mol. The summed E-state index contributed by atoms with van der Waals surface area (Å²) in [7, 11) is 9.12. The van der Waals surface area contributed by atoms with Gasteiger partial charge in [-0.15, -0.1) is 10.2 Å². The Morgan fingerprint density at radius 2 is 1.51 bits per heavy atom. The molecular formula is C28H27ClN4O8S2. The smallest absolute Gasteiger partial charge is 0.368 e. The van der Waals surface area contributed by atoms with Gasteiger partial charge in [0.1, 0.15) is 15.9 Å². The van der Waals surface area contributed by atoms with E-state index in [-0.39, 0.29) is 16.5 Å². The van der Waals surface area contributed by atoms with Crippen LogP contribution in [0, 0.1) is 0 Å². The first kappa shape index (κ1) is 31.7. The second kappa shape index (κ2) is 14.8. The number of carbonyl (C=O) groups is 1. The molecule has 0 amide bonds. The molecule has 12 nitrogen and oxygen atoms in total. The SMILES string of the molecule is COc1cc(-c2nnc(SC/C(=N\OC(=O)c3cccnc3Cl)c3ccc(OC)c(OC)c3OC)s2)cc(OC)c1OC. The number of pyridine rings is 1. The van der Waals surface area contributed by atoms with Gasteiger partial charge in [-0.25, -0.2) is 9.78 Å². The van der Waals surface area contributed by atoms with E-state index in [2.05, 4.69) is 20.3 Å². The van der Waals surface area contributed by atoms with Crippen LogP contribution < -0.4 is 28.4 Å². The van der Waals surface area contributed by atoms with Crippen molar-refractivity contribution in [3.63, 3.8) is 0 Å². The Balaban J connectivity index is 1.66. The van der Waals surface area contributed by atoms with Gasteiger partial charge in [-0.05, 0) is 36.4 Å². The lowest BCUT2D eigenvalue weighted by Gasteiger charge is -2.16. The highest BCUT2D eigenvalue weighted by atomic mass is 35.5. The van der Waals surface area contributed by atoms with Crippen LogP contribution in [0.3, 0.4) is 0 Å². The lowest BCUT2D eigenvalue weighted by atomic mass is 10.1. The third-order valence-electron chi connectivity index (χ3n) is 5.88. The highest BCUT2D eigenvalue weighted by Crippen LogP contribution is 2.43. The van der Waals surface area contributed by atoms with Crippen molar-refractivity contribution in [2.45, 2.75) is 4.34 Å². The number of hydrogen-bond donors (Lipinski definition) is 0. The molecule has 4 aromatic rings. The van der Waals surface area contributed by atoms with Gasteiger partial charge < -0.3 is 33.3 Å². The largest absolute Gasteiger partial charge is 0.493 e. The Morgan fingerprint density at radius 3 is 2.12 bits per heavy atom. The lowest BCUT2D eigenvalue weighted by Crippen LogP contribution is -2.11. The van der Waals surface area contributed by atoms with Crippen LogP contribution in [0.4, 0.5) is 0 Å². The predicted octanol–water partition coefficient (Wildman–Crippen LogP) is 5.66. The summed E-state index contributed by atoms with van der Waals surface area (Å²) >= 11 is 8.75. The molecule has 0 unspecified atom stereocenters. The van der Waals surface area contributed by atoms with E-state index in [4.69, 9.17) is 44.9 Å². The Labute approximate surface area is 260 Å². The van der Waals surface area contributed by atoms with E-state index in [1.165, 1.54) is 63.8 Å². The van der Waals surface area contributed by atoms with Crippen LogP contribution in [0.2, 0.25) is 5.15 Å². The van der Waals surface area contributed by atoms with Crippen LogP contribution in [0.1, 0.15) is 15.9 Å². The molecule has 0 spiro atoms. The van der Waals surface area contributed by atoms with Gasteiger partial charge in [-0.2, -0.15) is 0 Å². The van der Waals surface area contributed by atoms with Gasteiger partial charge in [0.15, 0.2) is 27.3 Å². The van der Waals surface area contributed by atoms with E-state index in [0.717, 1.165) is 5.56 Å². The number of halogens is 1. The summed E-state index contributed by atoms with van der Waals surface area (Å²) in [5.74, 6) is 2.03. The molecule has 4 rings (SSSR count). The molecule has 0 atom stereocenters. The average Bonchev–Trinajstić information content (AvgIpc) is 3.52. The third-order valence-corrected chi connectivity index (χ3v) is 8.30. The fraction of sp³-hybridized carbons (Fsp3) is 0.250. The van der Waals surface area contributed by atoms with E-state index in [0.29, 0.717) is 55.1 Å². The number of ether oxygens (including phenoxy) is 6. The van der Waals surface area contributed by atoms with E-state index in [1.807, 2.05) is 0 Å². The first-order valence-corrected chi connectivity index (χ1v) is 14.5. The Hall–Kier alpha value is -4.27. The number of rotatable bonds is 13. The molecule has 43 heavy (non-hydrogen) atoms. The maximum Gasteiger partial charge on any atom is 0.368 e. The highest BCUT2D eigenvalue weighted by molar-refractivity contribution is 8.01. The molecule has 2 heterocycles. The second-order valence-electron chi connectivity index (χ2n) is 8.22. The molecule has 0 saturated heterocycles. The van der Waals surface area contributed by atoms with Gasteiger partial charge in [0, 0.05) is 23.1 Å². The van der Waals surface area contributed by atoms with Crippen molar-refractivity contribution in [3.05, 3.63) is 58.9 Å². The normalized spacial score (nSPS) is 11.1. The first-order valence-electron chi connectivity index (χ1n) is 12.3. The molecule has 0 aliphatic rings. The minimum Gasteiger partial charge on any atom is -0.493 e. The summed E-state index contributed by atoms with van der Waals surface area (Å²) in [5.41, 5.74) is 1.66. The van der Waals surface area contributed by atoms with Gasteiger partial charge >= 0.3 is 5.97 Å². The number of hydrogen-bond acceptors (Lipinski definition) is 14. The zero-order valence-corrected chi connectivity index (χ0v) is 26.4. The molecular weight excluding hydrogens is 620 g/mol. The number of carbonyl (C=O) groups excluding carboxylic acids is 1. The van der Waals surface area contributed by atoms with E-state index < -0.39 is 5.97 Å². The Bertz CT molecular complexity index is 1610. The van der Waals surface area contributed by atoms with Crippen LogP contribution >= 0.6 is 34.7 Å². The Morgan fingerprint density at radius 1 is 0.837 bits per heavy atom. The quantitative estimate of drug-likeness (QED) is 0.0583. The second-order valence-corrected chi connectivity index (χ2v) is 10.8. The molecule has 0 aliphatic carbocycles. The number of benzene rings is 2. The van der Waals surface area contributed by atoms with E-state index in [9.17, 15) is 4.79 Å². The molecule has 2 aromatic heterocycles. The maximum absolute atomic E-state index is 12.8. The molecule has 2 aromatic carbocycles. The van der Waals surface area contributed by atoms with Crippen molar-refractivity contribution >= 4 is 46.4 Å². The summed E-state index contributed by atoms with van der Waals surface area (Å²) in [4.78, 5) is 22.0. The first-order chi connectivity index (χ1) is 20.9. The number of nitrogens with zero attached hydrogens (tertiary/aromatic N) is 4. The zero-order chi connectivity index (χ0) is 30.9. The van der Waals surface area contributed by atoms with Crippen LogP contribution in [0.15, 0.2) is 52.1 Å². The van der Waals surface area contributed by atoms with Crippen molar-refractivity contribution in [2.75, 3.05) is 48.4 Å². The van der Waals surface area contributed by atoms with Crippen LogP contribution in [-0.4, -0.2) is 75.3 Å². The summed E-state index contributed by atoms with van der Waals surface area (Å²) in [6.45, 7) is 0. The number of oxime groups is 1. The van der Waals surface area contributed by atoms with Crippen LogP contribution in [-0.2, 0) is 4.84 Å². The fourth-order valence-corrected chi connectivity index (χ4v) is 5.86. The average molecular weight is 647 g/mol. The predicted molar refractivity (Wildman–Crippen MR) is 163 cm³/mol. The van der Waals surface area contributed by atoms with Crippen LogP contribution in [0.5, 0.6) is 34.5 Å². The molecule has 0 N–H and O–H groups in total. The van der Waals surface area contributed by atoms with Gasteiger partial charge in [-0.3, -0.25) is 0 Å². The van der Waals surface area contributed by atoms with Crippen molar-refractivity contribution < 1.29 is 38.1 Å². The molecule has 0 aliphatic heterocycles. The van der Waals surface area contributed by atoms with Crippen molar-refractivity contribution in [2.24, 2.45) is 5.16 Å². The number of aromatic nitrogens is 3. The molecule has 15 heteroatoms. The van der Waals surface area contributed by atoms with Crippen molar-refractivity contribution in [1.82, 2.24) is 15.2 Å². The fourth-order valence-electron chi connectivity index (χ4n) is 3.89. The molecule has 0 fully saturated rings. The maximum atomic E-state index is 12.8. The third kappa shape index (κ3) is 7.04. The minimum absolute atomic E-state index is 0.00416. The molecule has 0 bridgehead atoms. The summed E-state index contributed by atoms with van der Waals surface area (Å²) < 4.78 is 33.6. The summed E-state index contributed by atoms with van der Waals surface area (Å²) in [5, 5.41) is 13.5.